The number of fused-ring (bicyclic) bond motifs is 1. The predicted octanol–water partition coefficient (Wildman–Crippen LogP) is -2.02. The number of hydrogen-bond donors (Lipinski definition) is 4. The van der Waals surface area contributed by atoms with Crippen LogP contribution in [-0.4, -0.2) is 80.6 Å². The van der Waals surface area contributed by atoms with E-state index in [0.717, 1.165) is 0 Å². The molecule has 1 fully saturated rings. The Morgan fingerprint density at radius 2 is 2.25 bits per heavy atom. The Kier molecular flexibility index (Phi) is 5.76. The van der Waals surface area contributed by atoms with Crippen LogP contribution in [0.25, 0.3) is 11.2 Å². The van der Waals surface area contributed by atoms with Gasteiger partial charge in [-0.15, -0.1) is 12.3 Å². The molecular weight excluding hydrogens is 366 g/mol. The van der Waals surface area contributed by atoms with Gasteiger partial charge in [-0.25, -0.2) is 15.0 Å². The third kappa shape index (κ3) is 3.50. The molecule has 2 unspecified atom stereocenters. The summed E-state index contributed by atoms with van der Waals surface area (Å²) in [5.74, 6) is 2.40. The van der Waals surface area contributed by atoms with Gasteiger partial charge in [-0.3, -0.25) is 9.36 Å². The van der Waals surface area contributed by atoms with Gasteiger partial charge < -0.3 is 30.9 Å². The first-order chi connectivity index (χ1) is 13.4. The lowest BCUT2D eigenvalue weighted by Crippen LogP contribution is -2.53. The Hall–Kier alpha value is -2.78. The molecule has 5 N–H and O–H groups in total. The van der Waals surface area contributed by atoms with Crippen molar-refractivity contribution < 1.29 is 19.7 Å². The van der Waals surface area contributed by atoms with E-state index in [1.165, 1.54) is 12.7 Å². The van der Waals surface area contributed by atoms with Crippen LogP contribution in [-0.2, 0) is 9.53 Å². The Morgan fingerprint density at radius 3 is 2.89 bits per heavy atom. The number of carbonyl (C=O) groups is 1. The zero-order chi connectivity index (χ0) is 20.4. The summed E-state index contributed by atoms with van der Waals surface area (Å²) in [6.45, 7) is -0.409. The SMILES string of the molecule is C#CCC(N)C(=O)NC1[C@@H](CO)O[C@@H](n2cnc3c(N(C)C)ncnc32)[C@H]1O. The second kappa shape index (κ2) is 8.07. The summed E-state index contributed by atoms with van der Waals surface area (Å²) >= 11 is 0. The number of rotatable bonds is 6. The lowest BCUT2D eigenvalue weighted by atomic mass is 10.1. The summed E-state index contributed by atoms with van der Waals surface area (Å²) in [5, 5.41) is 23.0. The van der Waals surface area contributed by atoms with Crippen molar-refractivity contribution in [3.05, 3.63) is 12.7 Å². The summed E-state index contributed by atoms with van der Waals surface area (Å²) in [6.07, 6.45) is 5.17. The molecule has 3 heterocycles. The van der Waals surface area contributed by atoms with Gasteiger partial charge in [0.25, 0.3) is 0 Å². The molecule has 28 heavy (non-hydrogen) atoms. The molecule has 1 amide bonds. The Balaban J connectivity index is 1.88. The lowest BCUT2D eigenvalue weighted by molar-refractivity contribution is -0.124. The molecule has 0 saturated carbocycles. The number of imidazole rings is 1. The molecule has 3 rings (SSSR count). The monoisotopic (exact) mass is 389 g/mol. The van der Waals surface area contributed by atoms with Crippen molar-refractivity contribution >= 4 is 22.9 Å². The first-order valence-electron chi connectivity index (χ1n) is 8.67. The maximum absolute atomic E-state index is 12.2. The van der Waals surface area contributed by atoms with Crippen molar-refractivity contribution in [3.63, 3.8) is 0 Å². The zero-order valence-corrected chi connectivity index (χ0v) is 15.6. The minimum Gasteiger partial charge on any atom is -0.394 e. The topological polar surface area (TPSA) is 152 Å². The number of carbonyl (C=O) groups excluding carboxylic acids is 1. The van der Waals surface area contributed by atoms with Gasteiger partial charge >= 0.3 is 0 Å². The van der Waals surface area contributed by atoms with E-state index in [1.807, 2.05) is 14.1 Å². The number of nitrogens with two attached hydrogens (primary N) is 1. The Labute approximate surface area is 161 Å². The zero-order valence-electron chi connectivity index (χ0n) is 15.6. The van der Waals surface area contributed by atoms with Gasteiger partial charge in [-0.2, -0.15) is 0 Å². The Bertz CT molecular complexity index is 893. The number of aliphatic hydroxyl groups is 2. The van der Waals surface area contributed by atoms with E-state index in [4.69, 9.17) is 16.9 Å². The van der Waals surface area contributed by atoms with Crippen molar-refractivity contribution in [2.45, 2.75) is 36.9 Å². The summed E-state index contributed by atoms with van der Waals surface area (Å²) in [7, 11) is 3.66. The average Bonchev–Trinajstić information content (AvgIpc) is 3.23. The van der Waals surface area contributed by atoms with Crippen molar-refractivity contribution in [1.82, 2.24) is 24.8 Å². The van der Waals surface area contributed by atoms with Crippen LogP contribution in [0.4, 0.5) is 5.82 Å². The van der Waals surface area contributed by atoms with Crippen LogP contribution in [0.1, 0.15) is 12.6 Å². The molecule has 11 nitrogen and oxygen atoms in total. The van der Waals surface area contributed by atoms with Gasteiger partial charge in [-0.05, 0) is 0 Å². The minimum atomic E-state index is -1.17. The number of aliphatic hydroxyl groups excluding tert-OH is 2. The third-order valence-corrected chi connectivity index (χ3v) is 4.58. The number of nitrogens with one attached hydrogen (secondary N) is 1. The molecule has 11 heteroatoms. The predicted molar refractivity (Wildman–Crippen MR) is 100 cm³/mol. The molecule has 0 aromatic carbocycles. The summed E-state index contributed by atoms with van der Waals surface area (Å²) < 4.78 is 7.33. The third-order valence-electron chi connectivity index (χ3n) is 4.58. The average molecular weight is 389 g/mol. The van der Waals surface area contributed by atoms with Gasteiger partial charge in [0.2, 0.25) is 5.91 Å². The molecular formula is C17H23N7O4. The van der Waals surface area contributed by atoms with Crippen LogP contribution in [0.2, 0.25) is 0 Å². The molecule has 0 radical (unpaired) electrons. The molecule has 0 bridgehead atoms. The highest BCUT2D eigenvalue weighted by Gasteiger charge is 2.46. The quantitative estimate of drug-likeness (QED) is 0.410. The van der Waals surface area contributed by atoms with E-state index in [0.29, 0.717) is 17.0 Å². The number of aromatic nitrogens is 4. The van der Waals surface area contributed by atoms with E-state index in [9.17, 15) is 15.0 Å². The van der Waals surface area contributed by atoms with E-state index >= 15 is 0 Å². The van der Waals surface area contributed by atoms with Gasteiger partial charge in [0.05, 0.1) is 25.0 Å². The van der Waals surface area contributed by atoms with Crippen LogP contribution < -0.4 is 16.0 Å². The van der Waals surface area contributed by atoms with Crippen LogP contribution >= 0.6 is 0 Å². The molecule has 1 saturated heterocycles. The number of hydrogen-bond acceptors (Lipinski definition) is 9. The Morgan fingerprint density at radius 1 is 1.50 bits per heavy atom. The summed E-state index contributed by atoms with van der Waals surface area (Å²) in [4.78, 5) is 26.7. The number of anilines is 1. The molecule has 0 spiro atoms. The maximum atomic E-state index is 12.2. The fourth-order valence-electron chi connectivity index (χ4n) is 3.15. The van der Waals surface area contributed by atoms with Crippen LogP contribution in [0.15, 0.2) is 12.7 Å². The summed E-state index contributed by atoms with van der Waals surface area (Å²) in [6, 6.07) is -1.79. The molecule has 1 aliphatic rings. The molecule has 2 aromatic rings. The number of terminal acetylenes is 1. The van der Waals surface area contributed by atoms with Crippen molar-refractivity contribution in [2.24, 2.45) is 5.73 Å². The number of amides is 1. The fourth-order valence-corrected chi connectivity index (χ4v) is 3.15. The van der Waals surface area contributed by atoms with Crippen LogP contribution in [0.3, 0.4) is 0 Å². The van der Waals surface area contributed by atoms with E-state index in [1.54, 1.807) is 9.47 Å². The van der Waals surface area contributed by atoms with Gasteiger partial charge in [0.15, 0.2) is 23.2 Å². The number of ether oxygens (including phenoxy) is 1. The van der Waals surface area contributed by atoms with Crippen LogP contribution in [0.5, 0.6) is 0 Å². The highest BCUT2D eigenvalue weighted by molar-refractivity contribution is 5.83. The highest BCUT2D eigenvalue weighted by atomic mass is 16.5. The molecule has 2 aromatic heterocycles. The maximum Gasteiger partial charge on any atom is 0.238 e. The molecule has 0 aliphatic carbocycles. The fraction of sp³-hybridized carbons (Fsp3) is 0.529. The normalized spacial score (nSPS) is 25.4. The van der Waals surface area contributed by atoms with E-state index in [2.05, 4.69) is 26.2 Å². The molecule has 150 valence electrons. The second-order valence-corrected chi connectivity index (χ2v) is 6.70. The van der Waals surface area contributed by atoms with Gasteiger partial charge in [0.1, 0.15) is 18.5 Å². The number of nitrogens with zero attached hydrogens (tertiary/aromatic N) is 5. The highest BCUT2D eigenvalue weighted by Crippen LogP contribution is 2.32. The van der Waals surface area contributed by atoms with Gasteiger partial charge in [0, 0.05) is 20.5 Å². The second-order valence-electron chi connectivity index (χ2n) is 6.70. The largest absolute Gasteiger partial charge is 0.394 e. The lowest BCUT2D eigenvalue weighted by Gasteiger charge is -2.22. The van der Waals surface area contributed by atoms with Gasteiger partial charge in [-0.1, -0.05) is 0 Å². The molecule has 5 atom stereocenters. The van der Waals surface area contributed by atoms with Crippen molar-refractivity contribution in [1.29, 1.82) is 0 Å². The first-order valence-corrected chi connectivity index (χ1v) is 8.67. The molecule has 1 aliphatic heterocycles. The first kappa shape index (κ1) is 20.0. The van der Waals surface area contributed by atoms with E-state index in [-0.39, 0.29) is 6.42 Å². The van der Waals surface area contributed by atoms with Crippen LogP contribution in [0, 0.1) is 12.3 Å². The van der Waals surface area contributed by atoms with Crippen molar-refractivity contribution in [2.75, 3.05) is 25.6 Å². The minimum absolute atomic E-state index is 0.0547. The summed E-state index contributed by atoms with van der Waals surface area (Å²) in [5.41, 5.74) is 6.70. The van der Waals surface area contributed by atoms with E-state index < -0.39 is 43.0 Å². The standard InChI is InChI=1S/C17H23N7O4/c1-4-5-9(18)16(27)22-11-10(6-25)28-17(13(11)26)24-8-21-12-14(23(2)3)19-7-20-15(12)24/h1,7-11,13,17,25-26H,5-6,18H2,2-3H3,(H,22,27)/t9?,10-,11?,13+,17-/m1/s1. The smallest absolute Gasteiger partial charge is 0.238 e. The van der Waals surface area contributed by atoms with Crippen molar-refractivity contribution in [3.8, 4) is 12.3 Å².